The van der Waals surface area contributed by atoms with Crippen LogP contribution in [0.1, 0.15) is 41.0 Å². The Labute approximate surface area is 252 Å². The van der Waals surface area contributed by atoms with E-state index in [1.54, 1.807) is 32.0 Å². The first-order chi connectivity index (χ1) is 20.8. The summed E-state index contributed by atoms with van der Waals surface area (Å²) in [5.74, 6) is -2.65. The van der Waals surface area contributed by atoms with Gasteiger partial charge in [0.15, 0.2) is 23.9 Å². The molecule has 1 unspecified atom stereocenters. The highest BCUT2D eigenvalue weighted by molar-refractivity contribution is 5.66. The lowest BCUT2D eigenvalue weighted by molar-refractivity contribution is -0.341. The van der Waals surface area contributed by atoms with Crippen molar-refractivity contribution in [1.82, 2.24) is 0 Å². The number of para-hydroxylation sites is 1. The molecule has 0 bridgehead atoms. The van der Waals surface area contributed by atoms with Crippen LogP contribution < -0.4 is 14.2 Å². The van der Waals surface area contributed by atoms with Crippen LogP contribution in [0.15, 0.2) is 18.2 Å². The van der Waals surface area contributed by atoms with E-state index in [1.165, 1.54) is 6.92 Å². The molecular weight excluding hydrogens is 592 g/mol. The van der Waals surface area contributed by atoms with Crippen molar-refractivity contribution in [3.63, 3.8) is 0 Å². The molecule has 3 aliphatic heterocycles. The third-order valence-electron chi connectivity index (χ3n) is 6.84. The first-order valence-electron chi connectivity index (χ1n) is 14.1. The second kappa shape index (κ2) is 14.2. The summed E-state index contributed by atoms with van der Waals surface area (Å²) < 4.78 is 56.2. The van der Waals surface area contributed by atoms with Gasteiger partial charge in [-0.2, -0.15) is 0 Å². The molecule has 16 heteroatoms. The number of esters is 3. The van der Waals surface area contributed by atoms with E-state index in [2.05, 4.69) is 0 Å². The standard InChI is InChI=1S/C28H38O16/c1-6-37-28(5)43-18-9-7-8-17(25(18)44-28)39-21-10-16(32)24(20(40-21)12-36-14(3)30)42-27-26(38-15(4)31)23(34)22(33)19(41-27)11-35-13(2)29/h7-9,16,19-24,26-27,32-34H,6,10-12H2,1-5H3/t16-,19-,20-,21-,22+,23+,24+,26-,27+,28?/m1/s1. The first-order valence-corrected chi connectivity index (χ1v) is 14.1. The Hall–Kier alpha value is -3.25. The lowest BCUT2D eigenvalue weighted by atomic mass is 9.97. The summed E-state index contributed by atoms with van der Waals surface area (Å²) in [4.78, 5) is 34.8. The van der Waals surface area contributed by atoms with E-state index >= 15 is 0 Å². The Morgan fingerprint density at radius 1 is 0.909 bits per heavy atom. The van der Waals surface area contributed by atoms with Crippen LogP contribution in [0.3, 0.4) is 0 Å². The highest BCUT2D eigenvalue weighted by Gasteiger charge is 2.51. The Morgan fingerprint density at radius 3 is 2.23 bits per heavy atom. The molecule has 4 rings (SSSR count). The van der Waals surface area contributed by atoms with Crippen LogP contribution >= 0.6 is 0 Å². The van der Waals surface area contributed by atoms with Crippen molar-refractivity contribution in [2.24, 2.45) is 0 Å². The fourth-order valence-electron chi connectivity index (χ4n) is 4.96. The summed E-state index contributed by atoms with van der Waals surface area (Å²) in [5.41, 5.74) is 0. The number of rotatable bonds is 11. The fourth-order valence-corrected chi connectivity index (χ4v) is 4.96. The summed E-state index contributed by atoms with van der Waals surface area (Å²) in [6.45, 7) is 6.27. The van der Waals surface area contributed by atoms with Gasteiger partial charge in [-0.3, -0.25) is 14.4 Å². The van der Waals surface area contributed by atoms with Crippen LogP contribution in [0.4, 0.5) is 0 Å². The van der Waals surface area contributed by atoms with Gasteiger partial charge in [-0.15, -0.1) is 0 Å². The largest absolute Gasteiger partial charge is 0.463 e. The molecule has 0 amide bonds. The smallest absolute Gasteiger partial charge is 0.369 e. The zero-order valence-corrected chi connectivity index (χ0v) is 24.9. The molecule has 2 saturated heterocycles. The van der Waals surface area contributed by atoms with Crippen LogP contribution in [0, 0.1) is 0 Å². The van der Waals surface area contributed by atoms with E-state index in [-0.39, 0.29) is 17.9 Å². The quantitative estimate of drug-likeness (QED) is 0.216. The molecule has 3 heterocycles. The number of carbonyl (C=O) groups is 3. The normalized spacial score (nSPS) is 34.6. The minimum Gasteiger partial charge on any atom is -0.463 e. The third-order valence-corrected chi connectivity index (χ3v) is 6.84. The monoisotopic (exact) mass is 630 g/mol. The van der Waals surface area contributed by atoms with Crippen molar-refractivity contribution < 1.29 is 77.1 Å². The highest BCUT2D eigenvalue weighted by Crippen LogP contribution is 2.47. The third kappa shape index (κ3) is 8.06. The van der Waals surface area contributed by atoms with E-state index in [0.717, 1.165) is 13.8 Å². The summed E-state index contributed by atoms with van der Waals surface area (Å²) in [7, 11) is 0. The van der Waals surface area contributed by atoms with E-state index < -0.39 is 92.4 Å². The number of hydrogen-bond acceptors (Lipinski definition) is 16. The van der Waals surface area contributed by atoms with Gasteiger partial charge < -0.3 is 62.7 Å². The van der Waals surface area contributed by atoms with E-state index in [0.29, 0.717) is 12.4 Å². The van der Waals surface area contributed by atoms with Crippen LogP contribution in [-0.4, -0.2) is 114 Å². The molecule has 0 saturated carbocycles. The molecule has 1 aromatic rings. The molecule has 3 aliphatic rings. The van der Waals surface area contributed by atoms with E-state index in [4.69, 9.17) is 47.4 Å². The maximum atomic E-state index is 11.8. The first kappa shape index (κ1) is 33.6. The number of fused-ring (bicyclic) bond motifs is 1. The lowest BCUT2D eigenvalue weighted by Gasteiger charge is -2.45. The SMILES string of the molecule is CCOC1(C)Oc2cccc(O[C@H]3C[C@@H](O)[C@H](O[C@@H]4O[C@H](COC(C)=O)[C@H](O)[C@H](O)[C@H]4OC(C)=O)[C@@H](COC(C)=O)O3)c2O1. The summed E-state index contributed by atoms with van der Waals surface area (Å²) in [6, 6.07) is 4.94. The van der Waals surface area contributed by atoms with Gasteiger partial charge in [0, 0.05) is 34.1 Å². The van der Waals surface area contributed by atoms with Gasteiger partial charge in [-0.25, -0.2) is 0 Å². The predicted molar refractivity (Wildman–Crippen MR) is 142 cm³/mol. The molecule has 0 aromatic heterocycles. The average molecular weight is 631 g/mol. The van der Waals surface area contributed by atoms with Crippen LogP contribution in [0.5, 0.6) is 17.2 Å². The number of hydrogen-bond donors (Lipinski definition) is 3. The van der Waals surface area contributed by atoms with Crippen molar-refractivity contribution in [2.45, 2.75) is 102 Å². The Kier molecular flexibility index (Phi) is 10.9. The zero-order chi connectivity index (χ0) is 32.2. The Morgan fingerprint density at radius 2 is 1.59 bits per heavy atom. The molecular formula is C28H38O16. The maximum absolute atomic E-state index is 11.8. The molecule has 246 valence electrons. The average Bonchev–Trinajstić information content (AvgIpc) is 3.29. The van der Waals surface area contributed by atoms with Crippen molar-refractivity contribution in [3.05, 3.63) is 18.2 Å². The van der Waals surface area contributed by atoms with E-state index in [1.807, 2.05) is 0 Å². The minimum absolute atomic E-state index is 0.165. The van der Waals surface area contributed by atoms with Gasteiger partial charge in [-0.1, -0.05) is 6.07 Å². The summed E-state index contributed by atoms with van der Waals surface area (Å²) in [5, 5.41) is 32.5. The second-order valence-electron chi connectivity index (χ2n) is 10.4. The lowest BCUT2D eigenvalue weighted by Crippen LogP contribution is -2.63. The summed E-state index contributed by atoms with van der Waals surface area (Å²) in [6.07, 6.45) is -12.8. The number of aliphatic hydroxyl groups is 3. The maximum Gasteiger partial charge on any atom is 0.369 e. The fraction of sp³-hybridized carbons (Fsp3) is 0.679. The zero-order valence-electron chi connectivity index (χ0n) is 24.9. The van der Waals surface area contributed by atoms with Gasteiger partial charge in [0.25, 0.3) is 0 Å². The van der Waals surface area contributed by atoms with Crippen molar-refractivity contribution in [2.75, 3.05) is 19.8 Å². The molecule has 3 N–H and O–H groups in total. The van der Waals surface area contributed by atoms with Crippen LogP contribution in [0.25, 0.3) is 0 Å². The van der Waals surface area contributed by atoms with Gasteiger partial charge in [0.2, 0.25) is 12.0 Å². The molecule has 16 nitrogen and oxygen atoms in total. The van der Waals surface area contributed by atoms with Gasteiger partial charge in [0.05, 0.1) is 12.7 Å². The van der Waals surface area contributed by atoms with Crippen molar-refractivity contribution in [3.8, 4) is 17.2 Å². The minimum atomic E-state index is -1.72. The van der Waals surface area contributed by atoms with Crippen molar-refractivity contribution in [1.29, 1.82) is 0 Å². The Balaban J connectivity index is 1.53. The summed E-state index contributed by atoms with van der Waals surface area (Å²) >= 11 is 0. The predicted octanol–water partition coefficient (Wildman–Crippen LogP) is -0.0875. The molecule has 0 aliphatic carbocycles. The number of aliphatic hydroxyl groups excluding tert-OH is 3. The molecule has 0 spiro atoms. The van der Waals surface area contributed by atoms with Gasteiger partial charge >= 0.3 is 23.9 Å². The number of benzene rings is 1. The number of ether oxygens (including phenoxy) is 10. The van der Waals surface area contributed by atoms with E-state index in [9.17, 15) is 29.7 Å². The van der Waals surface area contributed by atoms with Gasteiger partial charge in [-0.05, 0) is 19.1 Å². The Bertz CT molecular complexity index is 1170. The van der Waals surface area contributed by atoms with Crippen LogP contribution in [-0.2, 0) is 47.5 Å². The van der Waals surface area contributed by atoms with Crippen molar-refractivity contribution >= 4 is 17.9 Å². The second-order valence-corrected chi connectivity index (χ2v) is 10.4. The molecule has 0 radical (unpaired) electrons. The number of carbonyl (C=O) groups excluding carboxylic acids is 3. The molecule has 2 fully saturated rings. The molecule has 10 atom stereocenters. The highest BCUT2D eigenvalue weighted by atomic mass is 16.9. The topological polar surface area (TPSA) is 204 Å². The van der Waals surface area contributed by atoms with Crippen LogP contribution in [0.2, 0.25) is 0 Å². The molecule has 44 heavy (non-hydrogen) atoms. The van der Waals surface area contributed by atoms with Gasteiger partial charge in [0.1, 0.15) is 43.7 Å². The molecule has 1 aromatic carbocycles.